The van der Waals surface area contributed by atoms with Gasteiger partial charge in [-0.2, -0.15) is 0 Å². The van der Waals surface area contributed by atoms with Gasteiger partial charge in [0, 0.05) is 17.6 Å². The van der Waals surface area contributed by atoms with Gasteiger partial charge in [0.15, 0.2) is 0 Å². The third kappa shape index (κ3) is 2.67. The van der Waals surface area contributed by atoms with Gasteiger partial charge in [-0.25, -0.2) is 9.37 Å². The van der Waals surface area contributed by atoms with E-state index in [0.717, 1.165) is 5.69 Å². The monoisotopic (exact) mass is 275 g/mol. The minimum Gasteiger partial charge on any atom is -0.487 e. The Morgan fingerprint density at radius 1 is 1.50 bits per heavy atom. The number of rotatable bonds is 5. The van der Waals surface area contributed by atoms with E-state index in [2.05, 4.69) is 9.55 Å². The van der Waals surface area contributed by atoms with Crippen molar-refractivity contribution in [2.75, 3.05) is 0 Å². The average Bonchev–Trinajstić information content (AvgIpc) is 3.16. The number of imidazole rings is 1. The quantitative estimate of drug-likeness (QED) is 0.912. The molecule has 1 heterocycles. The standard InChI is InChI=1S/C15H18FN3O/c1-10(17)14-6-11(16)2-5-15(14)20-8-13-7-18-9-19(13)12-3-4-12/h2,5-7,9-10,12H,3-4,8,17H2,1H3/t10-/m0/s1. The predicted octanol–water partition coefficient (Wildman–Crippen LogP) is 2.96. The van der Waals surface area contributed by atoms with E-state index < -0.39 is 0 Å². The summed E-state index contributed by atoms with van der Waals surface area (Å²) in [6, 6.07) is 4.75. The van der Waals surface area contributed by atoms with Crippen molar-refractivity contribution in [2.45, 2.75) is 38.5 Å². The summed E-state index contributed by atoms with van der Waals surface area (Å²) in [6.07, 6.45) is 6.05. The molecule has 2 N–H and O–H groups in total. The molecular weight excluding hydrogens is 257 g/mol. The molecule has 0 aliphatic heterocycles. The van der Waals surface area contributed by atoms with Crippen LogP contribution >= 0.6 is 0 Å². The first-order valence-electron chi connectivity index (χ1n) is 6.83. The normalized spacial score (nSPS) is 16.1. The Labute approximate surface area is 117 Å². The van der Waals surface area contributed by atoms with Crippen LogP contribution in [0, 0.1) is 5.82 Å². The Hall–Kier alpha value is -1.88. The second-order valence-electron chi connectivity index (χ2n) is 5.28. The van der Waals surface area contributed by atoms with Crippen LogP contribution in [0.1, 0.15) is 43.1 Å². The van der Waals surface area contributed by atoms with Crippen LogP contribution in [0.4, 0.5) is 4.39 Å². The zero-order chi connectivity index (χ0) is 14.1. The van der Waals surface area contributed by atoms with Gasteiger partial charge in [-0.05, 0) is 38.0 Å². The molecular formula is C15H18FN3O. The van der Waals surface area contributed by atoms with Crippen LogP contribution in [0.5, 0.6) is 5.75 Å². The number of hydrogen-bond acceptors (Lipinski definition) is 3. The summed E-state index contributed by atoms with van der Waals surface area (Å²) in [5, 5.41) is 0. The van der Waals surface area contributed by atoms with Gasteiger partial charge in [0.05, 0.1) is 18.2 Å². The summed E-state index contributed by atoms with van der Waals surface area (Å²) in [4.78, 5) is 4.17. The van der Waals surface area contributed by atoms with Crippen LogP contribution in [0.15, 0.2) is 30.7 Å². The fourth-order valence-corrected chi connectivity index (χ4v) is 2.28. The van der Waals surface area contributed by atoms with Crippen molar-refractivity contribution < 1.29 is 9.13 Å². The molecule has 1 aromatic carbocycles. The van der Waals surface area contributed by atoms with Gasteiger partial charge in [-0.3, -0.25) is 0 Å². The third-order valence-electron chi connectivity index (χ3n) is 3.52. The number of ether oxygens (including phenoxy) is 1. The lowest BCUT2D eigenvalue weighted by Crippen LogP contribution is -2.10. The van der Waals surface area contributed by atoms with Crippen LogP contribution in [0.25, 0.3) is 0 Å². The molecule has 106 valence electrons. The van der Waals surface area contributed by atoms with Crippen molar-refractivity contribution in [3.63, 3.8) is 0 Å². The highest BCUT2D eigenvalue weighted by molar-refractivity contribution is 5.36. The number of halogens is 1. The second-order valence-corrected chi connectivity index (χ2v) is 5.28. The molecule has 0 spiro atoms. The van der Waals surface area contributed by atoms with Crippen LogP contribution in [-0.2, 0) is 6.61 Å². The van der Waals surface area contributed by atoms with E-state index in [-0.39, 0.29) is 11.9 Å². The van der Waals surface area contributed by atoms with Crippen molar-refractivity contribution in [1.29, 1.82) is 0 Å². The molecule has 0 saturated heterocycles. The van der Waals surface area contributed by atoms with Gasteiger partial charge in [0.1, 0.15) is 18.2 Å². The number of nitrogens with two attached hydrogens (primary N) is 1. The number of nitrogens with zero attached hydrogens (tertiary/aromatic N) is 2. The second kappa shape index (κ2) is 5.25. The summed E-state index contributed by atoms with van der Waals surface area (Å²) in [6.45, 7) is 2.23. The minimum atomic E-state index is -0.298. The van der Waals surface area contributed by atoms with E-state index in [1.807, 2.05) is 19.4 Å². The maximum absolute atomic E-state index is 13.3. The van der Waals surface area contributed by atoms with E-state index in [1.165, 1.54) is 25.0 Å². The molecule has 1 saturated carbocycles. The molecule has 0 amide bonds. The molecule has 20 heavy (non-hydrogen) atoms. The molecule has 1 aliphatic rings. The number of aromatic nitrogens is 2. The lowest BCUT2D eigenvalue weighted by Gasteiger charge is -2.14. The maximum Gasteiger partial charge on any atom is 0.130 e. The largest absolute Gasteiger partial charge is 0.487 e. The molecule has 0 bridgehead atoms. The van der Waals surface area contributed by atoms with Crippen molar-refractivity contribution in [3.8, 4) is 5.75 Å². The minimum absolute atomic E-state index is 0.269. The van der Waals surface area contributed by atoms with Crippen LogP contribution in [-0.4, -0.2) is 9.55 Å². The summed E-state index contributed by atoms with van der Waals surface area (Å²) < 4.78 is 21.2. The van der Waals surface area contributed by atoms with Gasteiger partial charge in [-0.15, -0.1) is 0 Å². The topological polar surface area (TPSA) is 53.1 Å². The molecule has 5 heteroatoms. The van der Waals surface area contributed by atoms with Gasteiger partial charge in [0.25, 0.3) is 0 Å². The van der Waals surface area contributed by atoms with Crippen LogP contribution in [0.3, 0.4) is 0 Å². The van der Waals surface area contributed by atoms with Crippen molar-refractivity contribution in [3.05, 3.63) is 47.8 Å². The van der Waals surface area contributed by atoms with Crippen LogP contribution < -0.4 is 10.5 Å². The van der Waals surface area contributed by atoms with Gasteiger partial charge in [0.2, 0.25) is 0 Å². The molecule has 0 unspecified atom stereocenters. The van der Waals surface area contributed by atoms with Crippen LogP contribution in [0.2, 0.25) is 0 Å². The molecule has 3 rings (SSSR count). The Bertz CT molecular complexity index is 605. The molecule has 4 nitrogen and oxygen atoms in total. The Morgan fingerprint density at radius 3 is 3.00 bits per heavy atom. The fraction of sp³-hybridized carbons (Fsp3) is 0.400. The Kier molecular flexibility index (Phi) is 3.44. The molecule has 0 radical (unpaired) electrons. The molecule has 1 atom stereocenters. The third-order valence-corrected chi connectivity index (χ3v) is 3.52. The highest BCUT2D eigenvalue weighted by Crippen LogP contribution is 2.36. The van der Waals surface area contributed by atoms with Gasteiger partial charge >= 0.3 is 0 Å². The zero-order valence-electron chi connectivity index (χ0n) is 11.4. The SMILES string of the molecule is C[C@H](N)c1cc(F)ccc1OCc1cncn1C1CC1. The number of hydrogen-bond donors (Lipinski definition) is 1. The summed E-state index contributed by atoms with van der Waals surface area (Å²) >= 11 is 0. The summed E-state index contributed by atoms with van der Waals surface area (Å²) in [7, 11) is 0. The molecule has 1 aromatic heterocycles. The molecule has 1 fully saturated rings. The Morgan fingerprint density at radius 2 is 2.30 bits per heavy atom. The first-order chi connectivity index (χ1) is 9.65. The summed E-state index contributed by atoms with van der Waals surface area (Å²) in [5.41, 5.74) is 7.57. The molecule has 1 aliphatic carbocycles. The Balaban J connectivity index is 1.76. The average molecular weight is 275 g/mol. The fourth-order valence-electron chi connectivity index (χ4n) is 2.28. The van der Waals surface area contributed by atoms with Gasteiger partial charge in [-0.1, -0.05) is 0 Å². The van der Waals surface area contributed by atoms with E-state index in [9.17, 15) is 4.39 Å². The van der Waals surface area contributed by atoms with Crippen molar-refractivity contribution in [2.24, 2.45) is 5.73 Å². The van der Waals surface area contributed by atoms with E-state index >= 15 is 0 Å². The van der Waals surface area contributed by atoms with E-state index in [0.29, 0.717) is 24.0 Å². The zero-order valence-corrected chi connectivity index (χ0v) is 11.4. The lowest BCUT2D eigenvalue weighted by molar-refractivity contribution is 0.290. The lowest BCUT2D eigenvalue weighted by atomic mass is 10.1. The van der Waals surface area contributed by atoms with E-state index in [4.69, 9.17) is 10.5 Å². The highest BCUT2D eigenvalue weighted by atomic mass is 19.1. The van der Waals surface area contributed by atoms with Crippen molar-refractivity contribution in [1.82, 2.24) is 9.55 Å². The number of benzene rings is 1. The van der Waals surface area contributed by atoms with Gasteiger partial charge < -0.3 is 15.0 Å². The maximum atomic E-state index is 13.3. The highest BCUT2D eigenvalue weighted by Gasteiger charge is 2.25. The molecule has 2 aromatic rings. The smallest absolute Gasteiger partial charge is 0.130 e. The van der Waals surface area contributed by atoms with Crippen molar-refractivity contribution >= 4 is 0 Å². The predicted molar refractivity (Wildman–Crippen MR) is 73.8 cm³/mol. The first kappa shape index (κ1) is 13.1. The van der Waals surface area contributed by atoms with E-state index in [1.54, 1.807) is 6.07 Å². The summed E-state index contributed by atoms with van der Waals surface area (Å²) in [5.74, 6) is 0.331. The first-order valence-corrected chi connectivity index (χ1v) is 6.83.